The van der Waals surface area contributed by atoms with Crippen molar-refractivity contribution in [2.45, 2.75) is 63.3 Å². The monoisotopic (exact) mass is 339 g/mol. The Labute approximate surface area is 150 Å². The second kappa shape index (κ2) is 5.57. The van der Waals surface area contributed by atoms with E-state index in [-0.39, 0.29) is 11.3 Å². The van der Waals surface area contributed by atoms with Crippen molar-refractivity contribution >= 4 is 5.78 Å². The largest absolute Gasteiger partial charge is 0.508 e. The van der Waals surface area contributed by atoms with Crippen LogP contribution in [0.5, 0.6) is 5.75 Å². The molecule has 3 aliphatic carbocycles. The minimum Gasteiger partial charge on any atom is -0.508 e. The molecule has 3 fully saturated rings. The quantitative estimate of drug-likeness (QED) is 0.894. The van der Waals surface area contributed by atoms with E-state index in [0.717, 1.165) is 31.7 Å². The van der Waals surface area contributed by atoms with Gasteiger partial charge in [-0.1, -0.05) is 19.4 Å². The molecule has 1 aliphatic heterocycles. The molecule has 5 rings (SSSR count). The SMILES string of the molecule is C[C@@H]1C[C@@H]2C3Cc4ccc(O)cc4C2(CCN3CC2CCC2)CC1=O. The number of carbonyl (C=O) groups excluding carboxylic acids is 1. The van der Waals surface area contributed by atoms with Crippen LogP contribution in [-0.4, -0.2) is 34.9 Å². The minimum absolute atomic E-state index is 0.0172. The first-order valence-corrected chi connectivity index (χ1v) is 10.2. The van der Waals surface area contributed by atoms with Gasteiger partial charge in [-0.3, -0.25) is 9.69 Å². The lowest BCUT2D eigenvalue weighted by molar-refractivity contribution is -0.132. The fourth-order valence-corrected chi connectivity index (χ4v) is 6.28. The predicted molar refractivity (Wildman–Crippen MR) is 97.7 cm³/mol. The smallest absolute Gasteiger partial charge is 0.136 e. The number of benzene rings is 1. The predicted octanol–water partition coefficient (Wildman–Crippen LogP) is 3.68. The summed E-state index contributed by atoms with van der Waals surface area (Å²) >= 11 is 0. The van der Waals surface area contributed by atoms with Crippen molar-refractivity contribution in [1.82, 2.24) is 4.90 Å². The second-order valence-corrected chi connectivity index (χ2v) is 9.20. The summed E-state index contributed by atoms with van der Waals surface area (Å²) in [6, 6.07) is 6.51. The molecule has 1 N–H and O–H groups in total. The molecule has 3 nitrogen and oxygen atoms in total. The average molecular weight is 339 g/mol. The number of piperidine rings is 1. The number of ketones is 1. The van der Waals surface area contributed by atoms with Gasteiger partial charge in [0.25, 0.3) is 0 Å². The zero-order valence-corrected chi connectivity index (χ0v) is 15.2. The van der Waals surface area contributed by atoms with Crippen LogP contribution in [0.3, 0.4) is 0 Å². The summed E-state index contributed by atoms with van der Waals surface area (Å²) in [6.07, 6.45) is 8.09. The number of fused-ring (bicyclic) bond motifs is 1. The van der Waals surface area contributed by atoms with Crippen LogP contribution in [0, 0.1) is 17.8 Å². The lowest BCUT2D eigenvalue weighted by atomic mass is 9.50. The molecule has 0 aromatic heterocycles. The van der Waals surface area contributed by atoms with Gasteiger partial charge in [0.2, 0.25) is 0 Å². The number of hydrogen-bond donors (Lipinski definition) is 1. The van der Waals surface area contributed by atoms with E-state index in [1.165, 1.54) is 36.9 Å². The molecule has 1 aromatic rings. The molecule has 2 bridgehead atoms. The summed E-state index contributed by atoms with van der Waals surface area (Å²) in [5.41, 5.74) is 2.65. The number of hydrogen-bond acceptors (Lipinski definition) is 3. The highest BCUT2D eigenvalue weighted by Crippen LogP contribution is 2.56. The molecule has 25 heavy (non-hydrogen) atoms. The van der Waals surface area contributed by atoms with Crippen LogP contribution in [-0.2, 0) is 16.6 Å². The number of carbonyl (C=O) groups is 1. The number of Topliss-reactive ketones (excluding diaryl/α,β-unsaturated/α-hetero) is 1. The maximum absolute atomic E-state index is 12.7. The van der Waals surface area contributed by atoms with Gasteiger partial charge in [-0.15, -0.1) is 0 Å². The van der Waals surface area contributed by atoms with E-state index in [1.54, 1.807) is 0 Å². The fraction of sp³-hybridized carbons (Fsp3) is 0.682. The molecule has 134 valence electrons. The molecule has 0 radical (unpaired) electrons. The van der Waals surface area contributed by atoms with Crippen LogP contribution in [0.2, 0.25) is 0 Å². The van der Waals surface area contributed by atoms with E-state index in [0.29, 0.717) is 29.9 Å². The molecule has 2 unspecified atom stereocenters. The van der Waals surface area contributed by atoms with Crippen molar-refractivity contribution in [2.24, 2.45) is 17.8 Å². The fourth-order valence-electron chi connectivity index (χ4n) is 6.28. The van der Waals surface area contributed by atoms with Gasteiger partial charge in [0.15, 0.2) is 0 Å². The zero-order chi connectivity index (χ0) is 17.2. The molecule has 3 heteroatoms. The Kier molecular flexibility index (Phi) is 3.54. The summed E-state index contributed by atoms with van der Waals surface area (Å²) in [4.78, 5) is 15.4. The Morgan fingerprint density at radius 3 is 2.92 bits per heavy atom. The third kappa shape index (κ3) is 2.31. The molecule has 1 aromatic carbocycles. The Hall–Kier alpha value is -1.35. The third-order valence-corrected chi connectivity index (χ3v) is 7.91. The number of aromatic hydroxyl groups is 1. The Bertz CT molecular complexity index is 710. The second-order valence-electron chi connectivity index (χ2n) is 9.20. The van der Waals surface area contributed by atoms with Crippen molar-refractivity contribution in [2.75, 3.05) is 13.1 Å². The van der Waals surface area contributed by atoms with E-state index in [1.807, 2.05) is 12.1 Å². The summed E-state index contributed by atoms with van der Waals surface area (Å²) in [7, 11) is 0. The van der Waals surface area contributed by atoms with E-state index in [2.05, 4.69) is 17.9 Å². The van der Waals surface area contributed by atoms with Crippen molar-refractivity contribution < 1.29 is 9.90 Å². The number of rotatable bonds is 2. The Balaban J connectivity index is 1.57. The van der Waals surface area contributed by atoms with Crippen LogP contribution in [0.15, 0.2) is 18.2 Å². The molecular formula is C22H29NO2. The van der Waals surface area contributed by atoms with Gasteiger partial charge in [0, 0.05) is 30.3 Å². The van der Waals surface area contributed by atoms with Crippen LogP contribution >= 0.6 is 0 Å². The number of phenols is 1. The van der Waals surface area contributed by atoms with Crippen LogP contribution in [0.25, 0.3) is 0 Å². The highest BCUT2D eigenvalue weighted by molar-refractivity contribution is 5.83. The number of likely N-dealkylation sites (tertiary alicyclic amines) is 1. The normalized spacial score (nSPS) is 38.0. The first-order valence-electron chi connectivity index (χ1n) is 10.2. The lowest BCUT2D eigenvalue weighted by Crippen LogP contribution is -2.63. The summed E-state index contributed by atoms with van der Waals surface area (Å²) in [5.74, 6) is 2.45. The molecule has 1 saturated heterocycles. The zero-order valence-electron chi connectivity index (χ0n) is 15.2. The summed E-state index contributed by atoms with van der Waals surface area (Å²) in [5, 5.41) is 10.1. The number of nitrogens with zero attached hydrogens (tertiary/aromatic N) is 1. The van der Waals surface area contributed by atoms with Crippen LogP contribution < -0.4 is 0 Å². The Morgan fingerprint density at radius 2 is 2.16 bits per heavy atom. The molecule has 4 aliphatic rings. The minimum atomic E-state index is -0.0172. The molecule has 0 amide bonds. The first-order chi connectivity index (χ1) is 12.1. The average Bonchev–Trinajstić information content (AvgIpc) is 2.54. The lowest BCUT2D eigenvalue weighted by Gasteiger charge is -2.60. The molecular weight excluding hydrogens is 310 g/mol. The highest BCUT2D eigenvalue weighted by Gasteiger charge is 2.57. The van der Waals surface area contributed by atoms with Gasteiger partial charge in [-0.25, -0.2) is 0 Å². The molecule has 2 saturated carbocycles. The third-order valence-electron chi connectivity index (χ3n) is 7.91. The van der Waals surface area contributed by atoms with Crippen molar-refractivity contribution in [3.63, 3.8) is 0 Å². The van der Waals surface area contributed by atoms with Crippen molar-refractivity contribution in [3.8, 4) is 5.75 Å². The van der Waals surface area contributed by atoms with Crippen molar-refractivity contribution in [1.29, 1.82) is 0 Å². The number of phenolic OH excluding ortho intramolecular Hbond substituents is 1. The molecule has 1 heterocycles. The van der Waals surface area contributed by atoms with E-state index in [4.69, 9.17) is 0 Å². The highest BCUT2D eigenvalue weighted by atomic mass is 16.3. The van der Waals surface area contributed by atoms with E-state index in [9.17, 15) is 9.90 Å². The topological polar surface area (TPSA) is 40.5 Å². The van der Waals surface area contributed by atoms with Gasteiger partial charge in [-0.05, 0) is 73.7 Å². The maximum atomic E-state index is 12.7. The van der Waals surface area contributed by atoms with Crippen molar-refractivity contribution in [3.05, 3.63) is 29.3 Å². The van der Waals surface area contributed by atoms with Gasteiger partial charge in [0.05, 0.1) is 0 Å². The van der Waals surface area contributed by atoms with Gasteiger partial charge >= 0.3 is 0 Å². The van der Waals surface area contributed by atoms with E-state index >= 15 is 0 Å². The van der Waals surface area contributed by atoms with Gasteiger partial charge < -0.3 is 5.11 Å². The molecule has 0 spiro atoms. The summed E-state index contributed by atoms with van der Waals surface area (Å²) < 4.78 is 0. The standard InChI is InChI=1S/C22H29NO2/c1-14-9-19-20-10-16-5-6-17(24)11-18(16)22(19,12-21(14)25)7-8-23(20)13-15-3-2-4-15/h5-6,11,14-15,19-20,24H,2-4,7-10,12-13H2,1H3/t14-,19-,20?,22?/m1/s1. The van der Waals surface area contributed by atoms with Crippen LogP contribution in [0.4, 0.5) is 0 Å². The maximum Gasteiger partial charge on any atom is 0.136 e. The van der Waals surface area contributed by atoms with Crippen LogP contribution in [0.1, 0.15) is 56.6 Å². The van der Waals surface area contributed by atoms with E-state index < -0.39 is 0 Å². The Morgan fingerprint density at radius 1 is 1.32 bits per heavy atom. The van der Waals surface area contributed by atoms with Gasteiger partial charge in [-0.2, -0.15) is 0 Å². The molecule has 4 atom stereocenters. The first kappa shape index (κ1) is 15.9. The van der Waals surface area contributed by atoms with Gasteiger partial charge in [0.1, 0.15) is 11.5 Å². The summed E-state index contributed by atoms with van der Waals surface area (Å²) in [6.45, 7) is 4.50.